The molecule has 0 unspecified atom stereocenters. The minimum Gasteiger partial charge on any atom is -0.374 e. The summed E-state index contributed by atoms with van der Waals surface area (Å²) in [5, 5.41) is 0. The summed E-state index contributed by atoms with van der Waals surface area (Å²) >= 11 is 0. The molecule has 0 amide bonds. The molecule has 0 aliphatic carbocycles. The molecule has 3 rings (SSSR count). The van der Waals surface area contributed by atoms with Crippen LogP contribution in [0.25, 0.3) is 0 Å². The zero-order valence-electron chi connectivity index (χ0n) is 15.5. The molecule has 152 valence electrons. The molecule has 2 aliphatic heterocycles. The van der Waals surface area contributed by atoms with Gasteiger partial charge in [-0.15, -0.1) is 0 Å². The van der Waals surface area contributed by atoms with E-state index in [0.717, 1.165) is 0 Å². The van der Waals surface area contributed by atoms with Gasteiger partial charge in [0.05, 0.1) is 11.9 Å². The predicted molar refractivity (Wildman–Crippen MR) is 96.0 cm³/mol. The van der Waals surface area contributed by atoms with Crippen molar-refractivity contribution < 1.29 is 22.6 Å². The molecule has 4 atom stereocenters. The van der Waals surface area contributed by atoms with E-state index in [-0.39, 0.29) is 18.4 Å². The lowest BCUT2D eigenvalue weighted by Crippen LogP contribution is -2.44. The van der Waals surface area contributed by atoms with Crippen LogP contribution in [0.4, 0.5) is 0 Å². The van der Waals surface area contributed by atoms with E-state index in [4.69, 9.17) is 14.2 Å². The van der Waals surface area contributed by atoms with E-state index in [0.29, 0.717) is 13.0 Å². The first kappa shape index (κ1) is 20.2. The largest absolute Gasteiger partial charge is 0.374 e. The smallest absolute Gasteiger partial charge is 0.330 e. The van der Waals surface area contributed by atoms with Gasteiger partial charge in [0.2, 0.25) is 10.0 Å². The lowest BCUT2D eigenvalue weighted by Gasteiger charge is -2.27. The fraction of sp³-hybridized carbons (Fsp3) is 0.750. The highest BCUT2D eigenvalue weighted by molar-refractivity contribution is 7.89. The van der Waals surface area contributed by atoms with E-state index >= 15 is 0 Å². The Labute approximate surface area is 157 Å². The molecular weight excluding hydrogens is 378 g/mol. The number of nitrogens with zero attached hydrogens (tertiary/aromatic N) is 2. The number of sulfonamides is 1. The molecule has 0 aromatic carbocycles. The SMILES string of the molecule is CO[C@@H]1[C@H](OC(C)C)[C@@H](CN2CCCS2(=O)=O)O[C@H]1n1ccc(=O)[nH]c1=O. The fourth-order valence-corrected chi connectivity index (χ4v) is 5.07. The summed E-state index contributed by atoms with van der Waals surface area (Å²) in [6.07, 6.45) is -0.936. The number of rotatable bonds is 6. The number of hydrogen-bond acceptors (Lipinski definition) is 7. The summed E-state index contributed by atoms with van der Waals surface area (Å²) in [5.74, 6) is 0.117. The van der Waals surface area contributed by atoms with E-state index in [2.05, 4.69) is 4.98 Å². The summed E-state index contributed by atoms with van der Waals surface area (Å²) in [6.45, 7) is 4.26. The third kappa shape index (κ3) is 4.16. The maximum Gasteiger partial charge on any atom is 0.330 e. The van der Waals surface area contributed by atoms with Crippen molar-refractivity contribution in [3.05, 3.63) is 33.1 Å². The second-order valence-corrected chi connectivity index (χ2v) is 9.05. The molecule has 0 radical (unpaired) electrons. The average Bonchev–Trinajstić information content (AvgIpc) is 3.07. The van der Waals surface area contributed by atoms with Crippen LogP contribution >= 0.6 is 0 Å². The van der Waals surface area contributed by atoms with Crippen molar-refractivity contribution in [1.82, 2.24) is 13.9 Å². The third-order valence-corrected chi connectivity index (χ3v) is 6.62. The average molecular weight is 403 g/mol. The van der Waals surface area contributed by atoms with Crippen LogP contribution in [-0.4, -0.2) is 72.6 Å². The van der Waals surface area contributed by atoms with Crippen LogP contribution in [0.2, 0.25) is 0 Å². The molecule has 11 heteroatoms. The number of ether oxygens (including phenoxy) is 3. The van der Waals surface area contributed by atoms with Gasteiger partial charge in [-0.2, -0.15) is 4.31 Å². The number of aromatic amines is 1. The van der Waals surface area contributed by atoms with E-state index < -0.39 is 45.8 Å². The first-order valence-electron chi connectivity index (χ1n) is 8.86. The molecule has 2 aliphatic rings. The van der Waals surface area contributed by atoms with Crippen molar-refractivity contribution >= 4 is 10.0 Å². The van der Waals surface area contributed by atoms with Crippen LogP contribution in [0.3, 0.4) is 0 Å². The zero-order valence-corrected chi connectivity index (χ0v) is 16.3. The topological polar surface area (TPSA) is 120 Å². The Morgan fingerprint density at radius 3 is 2.63 bits per heavy atom. The molecule has 2 saturated heterocycles. The molecule has 3 heterocycles. The number of nitrogens with one attached hydrogen (secondary N) is 1. The zero-order chi connectivity index (χ0) is 19.8. The lowest BCUT2D eigenvalue weighted by atomic mass is 10.1. The van der Waals surface area contributed by atoms with Gasteiger partial charge in [-0.05, 0) is 20.3 Å². The fourth-order valence-electron chi connectivity index (χ4n) is 3.53. The molecular formula is C16H25N3O7S. The Bertz CT molecular complexity index is 878. The Hall–Kier alpha value is -1.53. The quantitative estimate of drug-likeness (QED) is 0.665. The van der Waals surface area contributed by atoms with E-state index in [1.54, 1.807) is 0 Å². The summed E-state index contributed by atoms with van der Waals surface area (Å²) < 4.78 is 44.5. The number of H-pyrrole nitrogens is 1. The Kier molecular flexibility index (Phi) is 5.87. The van der Waals surface area contributed by atoms with Crippen LogP contribution in [-0.2, 0) is 24.2 Å². The Morgan fingerprint density at radius 2 is 2.07 bits per heavy atom. The van der Waals surface area contributed by atoms with Crippen LogP contribution in [0.15, 0.2) is 21.9 Å². The van der Waals surface area contributed by atoms with Gasteiger partial charge >= 0.3 is 5.69 Å². The Morgan fingerprint density at radius 1 is 1.33 bits per heavy atom. The first-order chi connectivity index (χ1) is 12.7. The summed E-state index contributed by atoms with van der Waals surface area (Å²) in [4.78, 5) is 25.7. The van der Waals surface area contributed by atoms with Crippen LogP contribution in [0.5, 0.6) is 0 Å². The molecule has 2 fully saturated rings. The maximum absolute atomic E-state index is 12.2. The molecule has 1 aromatic heterocycles. The van der Waals surface area contributed by atoms with E-state index in [1.165, 1.54) is 28.2 Å². The minimum atomic E-state index is -3.31. The van der Waals surface area contributed by atoms with Crippen molar-refractivity contribution in [2.45, 2.75) is 50.9 Å². The molecule has 1 aromatic rings. The van der Waals surface area contributed by atoms with Crippen molar-refractivity contribution in [2.75, 3.05) is 26.0 Å². The lowest BCUT2D eigenvalue weighted by molar-refractivity contribution is -0.0798. The van der Waals surface area contributed by atoms with Crippen molar-refractivity contribution in [3.63, 3.8) is 0 Å². The van der Waals surface area contributed by atoms with Gasteiger partial charge in [0.15, 0.2) is 6.23 Å². The van der Waals surface area contributed by atoms with Crippen molar-refractivity contribution in [2.24, 2.45) is 0 Å². The summed E-state index contributed by atoms with van der Waals surface area (Å²) in [6, 6.07) is 1.22. The minimum absolute atomic E-state index is 0.117. The van der Waals surface area contributed by atoms with Crippen LogP contribution in [0.1, 0.15) is 26.5 Å². The first-order valence-corrected chi connectivity index (χ1v) is 10.5. The standard InChI is InChI=1S/C16H25N3O7S/c1-10(2)25-13-11(9-18-6-4-8-27(18,22)23)26-15(14(13)24-3)19-7-5-12(20)17-16(19)21/h5,7,10-11,13-15H,4,6,8-9H2,1-3H3,(H,17,20,21)/t11-,13-,14-,15-/m1/s1. The van der Waals surface area contributed by atoms with E-state index in [9.17, 15) is 18.0 Å². The maximum atomic E-state index is 12.2. The Balaban J connectivity index is 1.92. The van der Waals surface area contributed by atoms with Gasteiger partial charge in [-0.3, -0.25) is 14.3 Å². The van der Waals surface area contributed by atoms with Gasteiger partial charge in [-0.25, -0.2) is 13.2 Å². The van der Waals surface area contributed by atoms with Gasteiger partial charge in [0, 0.05) is 32.5 Å². The number of aromatic nitrogens is 2. The van der Waals surface area contributed by atoms with Gasteiger partial charge in [-0.1, -0.05) is 0 Å². The molecule has 0 saturated carbocycles. The highest BCUT2D eigenvalue weighted by atomic mass is 32.2. The van der Waals surface area contributed by atoms with Crippen LogP contribution in [0, 0.1) is 0 Å². The molecule has 27 heavy (non-hydrogen) atoms. The molecule has 10 nitrogen and oxygen atoms in total. The van der Waals surface area contributed by atoms with E-state index in [1.807, 2.05) is 13.8 Å². The van der Waals surface area contributed by atoms with Crippen molar-refractivity contribution in [1.29, 1.82) is 0 Å². The molecule has 0 spiro atoms. The predicted octanol–water partition coefficient (Wildman–Crippen LogP) is -0.722. The number of hydrogen-bond donors (Lipinski definition) is 1. The normalized spacial score (nSPS) is 31.0. The monoisotopic (exact) mass is 403 g/mol. The second kappa shape index (κ2) is 7.84. The van der Waals surface area contributed by atoms with Gasteiger partial charge in [0.1, 0.15) is 18.3 Å². The third-order valence-electron chi connectivity index (χ3n) is 4.70. The van der Waals surface area contributed by atoms with Crippen molar-refractivity contribution in [3.8, 4) is 0 Å². The molecule has 0 bridgehead atoms. The van der Waals surface area contributed by atoms with Crippen LogP contribution < -0.4 is 11.2 Å². The van der Waals surface area contributed by atoms with Gasteiger partial charge in [0.25, 0.3) is 5.56 Å². The summed E-state index contributed by atoms with van der Waals surface area (Å²) in [7, 11) is -1.83. The summed E-state index contributed by atoms with van der Waals surface area (Å²) in [5.41, 5.74) is -1.15. The number of methoxy groups -OCH3 is 1. The second-order valence-electron chi connectivity index (χ2n) is 6.96. The van der Waals surface area contributed by atoms with Gasteiger partial charge < -0.3 is 14.2 Å². The highest BCUT2D eigenvalue weighted by Gasteiger charge is 2.49. The molecule has 1 N–H and O–H groups in total. The highest BCUT2D eigenvalue weighted by Crippen LogP contribution is 2.34.